The number of hydrogen-bond acceptors (Lipinski definition) is 6. The third-order valence-corrected chi connectivity index (χ3v) is 5.25. The maximum atomic E-state index is 13.0. The van der Waals surface area contributed by atoms with E-state index in [1.54, 1.807) is 6.92 Å². The zero-order chi connectivity index (χ0) is 22.8. The van der Waals surface area contributed by atoms with Crippen molar-refractivity contribution in [3.8, 4) is 5.75 Å². The summed E-state index contributed by atoms with van der Waals surface area (Å²) >= 11 is 0.980. The van der Waals surface area contributed by atoms with Gasteiger partial charge in [-0.2, -0.15) is 13.2 Å². The highest BCUT2D eigenvalue weighted by atomic mass is 32.2. The lowest BCUT2D eigenvalue weighted by Gasteiger charge is -2.12. The molecule has 0 aliphatic rings. The van der Waals surface area contributed by atoms with Gasteiger partial charge in [0.25, 0.3) is 11.1 Å². The molecule has 0 N–H and O–H groups in total. The van der Waals surface area contributed by atoms with Crippen molar-refractivity contribution in [2.24, 2.45) is 0 Å². The number of ether oxygens (including phenoxy) is 1. The molecule has 3 aromatic rings. The van der Waals surface area contributed by atoms with Crippen LogP contribution in [0.1, 0.15) is 40.7 Å². The first kappa shape index (κ1) is 22.9. The minimum atomic E-state index is -4.38. The predicted molar refractivity (Wildman–Crippen MR) is 105 cm³/mol. The number of rotatable bonds is 8. The maximum Gasteiger partial charge on any atom is 0.406 e. The Morgan fingerprint density at radius 1 is 1.23 bits per heavy atom. The summed E-state index contributed by atoms with van der Waals surface area (Å²) in [6.07, 6.45) is -4.99. The van der Waals surface area contributed by atoms with Crippen molar-refractivity contribution >= 4 is 17.5 Å². The topological polar surface area (TPSA) is 70.2 Å². The number of Topliss-reactive ketones (excluding diaryl/α,β-unsaturated/α-hetero) is 1. The third-order valence-electron chi connectivity index (χ3n) is 4.43. The quantitative estimate of drug-likeness (QED) is 0.260. The second kappa shape index (κ2) is 9.13. The van der Waals surface area contributed by atoms with Gasteiger partial charge in [-0.15, -0.1) is 10.2 Å². The minimum Gasteiger partial charge on any atom is -0.481 e. The Morgan fingerprint density at radius 3 is 2.55 bits per heavy atom. The highest BCUT2D eigenvalue weighted by Crippen LogP contribution is 2.27. The van der Waals surface area contributed by atoms with Crippen LogP contribution in [0.2, 0.25) is 0 Å². The highest BCUT2D eigenvalue weighted by molar-refractivity contribution is 7.99. The molecule has 0 aliphatic heterocycles. The summed E-state index contributed by atoms with van der Waals surface area (Å²) in [6, 6.07) is 6.89. The fraction of sp³-hybridized carbons (Fsp3) is 0.350. The van der Waals surface area contributed by atoms with Crippen molar-refractivity contribution in [2.45, 2.75) is 44.8 Å². The van der Waals surface area contributed by atoms with Crippen LogP contribution in [0.5, 0.6) is 5.75 Å². The van der Waals surface area contributed by atoms with Crippen LogP contribution in [0.25, 0.3) is 0 Å². The SMILES string of the molecule is Cc1cc(C(=O)CSc2nnc(C(C)Oc3ccc(F)cc3)o2)c(C)n1CC(F)(F)F. The van der Waals surface area contributed by atoms with E-state index in [-0.39, 0.29) is 39.7 Å². The molecule has 0 amide bonds. The van der Waals surface area contributed by atoms with E-state index in [1.165, 1.54) is 44.2 Å². The van der Waals surface area contributed by atoms with Gasteiger partial charge in [-0.1, -0.05) is 11.8 Å². The number of nitrogens with zero attached hydrogens (tertiary/aromatic N) is 3. The molecule has 31 heavy (non-hydrogen) atoms. The van der Waals surface area contributed by atoms with E-state index in [0.717, 1.165) is 16.3 Å². The molecule has 6 nitrogen and oxygen atoms in total. The van der Waals surface area contributed by atoms with E-state index in [2.05, 4.69) is 10.2 Å². The van der Waals surface area contributed by atoms with E-state index in [4.69, 9.17) is 9.15 Å². The lowest BCUT2D eigenvalue weighted by Crippen LogP contribution is -2.19. The van der Waals surface area contributed by atoms with Gasteiger partial charge in [-0.3, -0.25) is 4.79 Å². The number of aromatic nitrogens is 3. The number of halogens is 4. The molecule has 0 saturated carbocycles. The van der Waals surface area contributed by atoms with E-state index in [9.17, 15) is 22.4 Å². The number of alkyl halides is 3. The molecule has 166 valence electrons. The largest absolute Gasteiger partial charge is 0.481 e. The van der Waals surface area contributed by atoms with Crippen LogP contribution in [0.4, 0.5) is 17.6 Å². The zero-order valence-electron chi connectivity index (χ0n) is 16.9. The van der Waals surface area contributed by atoms with Gasteiger partial charge >= 0.3 is 6.18 Å². The summed E-state index contributed by atoms with van der Waals surface area (Å²) in [7, 11) is 0. The smallest absolute Gasteiger partial charge is 0.406 e. The zero-order valence-corrected chi connectivity index (χ0v) is 17.7. The molecule has 0 radical (unpaired) electrons. The number of aryl methyl sites for hydroxylation is 1. The maximum absolute atomic E-state index is 13.0. The molecule has 0 bridgehead atoms. The molecule has 2 aromatic heterocycles. The fourth-order valence-corrected chi connectivity index (χ4v) is 3.57. The van der Waals surface area contributed by atoms with E-state index in [1.807, 2.05) is 0 Å². The number of benzene rings is 1. The molecule has 1 unspecified atom stereocenters. The first-order chi connectivity index (χ1) is 14.5. The summed E-state index contributed by atoms with van der Waals surface area (Å²) in [5, 5.41) is 7.86. The summed E-state index contributed by atoms with van der Waals surface area (Å²) in [4.78, 5) is 12.5. The molecule has 1 atom stereocenters. The molecule has 2 heterocycles. The van der Waals surface area contributed by atoms with Crippen LogP contribution >= 0.6 is 11.8 Å². The minimum absolute atomic E-state index is 0.0782. The van der Waals surface area contributed by atoms with E-state index < -0.39 is 18.8 Å². The van der Waals surface area contributed by atoms with Gasteiger partial charge in [0.1, 0.15) is 18.1 Å². The monoisotopic (exact) mass is 457 g/mol. The number of carbonyl (C=O) groups is 1. The first-order valence-corrected chi connectivity index (χ1v) is 10.2. The number of carbonyl (C=O) groups excluding carboxylic acids is 1. The molecular formula is C20H19F4N3O3S. The molecule has 3 rings (SSSR count). The Labute approximate surface area is 179 Å². The van der Waals surface area contributed by atoms with E-state index >= 15 is 0 Å². The third kappa shape index (κ3) is 5.87. The van der Waals surface area contributed by atoms with Gasteiger partial charge in [0.15, 0.2) is 11.9 Å². The number of thioether (sulfide) groups is 1. The average molecular weight is 457 g/mol. The van der Waals surface area contributed by atoms with Crippen LogP contribution in [0.3, 0.4) is 0 Å². The second-order valence-electron chi connectivity index (χ2n) is 6.82. The van der Waals surface area contributed by atoms with Crippen molar-refractivity contribution in [1.82, 2.24) is 14.8 Å². The Bertz CT molecular complexity index is 1060. The molecule has 0 spiro atoms. The normalized spacial score (nSPS) is 12.7. The van der Waals surface area contributed by atoms with Crippen molar-refractivity contribution in [3.05, 3.63) is 59.0 Å². The standard InChI is InChI=1S/C20H19F4N3O3S/c1-11-8-16(12(2)27(11)10-20(22,23)24)17(28)9-31-19-26-25-18(30-19)13(3)29-15-6-4-14(21)5-7-15/h4-8,13H,9-10H2,1-3H3. The van der Waals surface area contributed by atoms with Crippen molar-refractivity contribution in [3.63, 3.8) is 0 Å². The molecule has 0 saturated heterocycles. The van der Waals surface area contributed by atoms with Crippen molar-refractivity contribution in [1.29, 1.82) is 0 Å². The van der Waals surface area contributed by atoms with Crippen LogP contribution in [0.15, 0.2) is 40.0 Å². The van der Waals surface area contributed by atoms with Crippen LogP contribution in [-0.4, -0.2) is 32.5 Å². The summed E-state index contributed by atoms with van der Waals surface area (Å²) in [5.74, 6) is -0.221. The summed E-state index contributed by atoms with van der Waals surface area (Å²) in [6.45, 7) is 3.53. The Hall–Kier alpha value is -2.82. The number of hydrogen-bond donors (Lipinski definition) is 0. The lowest BCUT2D eigenvalue weighted by atomic mass is 10.2. The molecule has 11 heteroatoms. The van der Waals surface area contributed by atoms with Crippen LogP contribution in [0, 0.1) is 19.7 Å². The van der Waals surface area contributed by atoms with Gasteiger partial charge in [-0.25, -0.2) is 4.39 Å². The summed E-state index contributed by atoms with van der Waals surface area (Å²) < 4.78 is 63.3. The van der Waals surface area contributed by atoms with E-state index in [0.29, 0.717) is 11.4 Å². The second-order valence-corrected chi connectivity index (χ2v) is 7.74. The molecule has 1 aromatic carbocycles. The Balaban J connectivity index is 1.61. The first-order valence-electron chi connectivity index (χ1n) is 9.18. The lowest BCUT2D eigenvalue weighted by molar-refractivity contribution is -0.141. The molecular weight excluding hydrogens is 438 g/mol. The van der Waals surface area contributed by atoms with Gasteiger partial charge in [0.2, 0.25) is 0 Å². The van der Waals surface area contributed by atoms with Gasteiger partial charge in [0, 0.05) is 17.0 Å². The predicted octanol–water partition coefficient (Wildman–Crippen LogP) is 5.30. The Morgan fingerprint density at radius 2 is 1.90 bits per heavy atom. The van der Waals surface area contributed by atoms with Gasteiger partial charge in [0.05, 0.1) is 5.75 Å². The van der Waals surface area contributed by atoms with Crippen molar-refractivity contribution in [2.75, 3.05) is 5.75 Å². The van der Waals surface area contributed by atoms with Gasteiger partial charge < -0.3 is 13.7 Å². The molecule has 0 fully saturated rings. The Kier molecular flexibility index (Phi) is 6.73. The van der Waals surface area contributed by atoms with Crippen molar-refractivity contribution < 1.29 is 31.5 Å². The van der Waals surface area contributed by atoms with Gasteiger partial charge in [-0.05, 0) is 51.1 Å². The molecule has 0 aliphatic carbocycles. The average Bonchev–Trinajstić information content (AvgIpc) is 3.27. The fourth-order valence-electron chi connectivity index (χ4n) is 2.92. The van der Waals surface area contributed by atoms with Crippen LogP contribution in [-0.2, 0) is 6.54 Å². The highest BCUT2D eigenvalue weighted by Gasteiger charge is 2.30. The van der Waals surface area contributed by atoms with Crippen LogP contribution < -0.4 is 4.74 Å². The number of ketones is 1. The summed E-state index contributed by atoms with van der Waals surface area (Å²) in [5.41, 5.74) is 0.838.